The zero-order chi connectivity index (χ0) is 10.7. The van der Waals surface area contributed by atoms with Crippen molar-refractivity contribution in [3.05, 3.63) is 0 Å². The minimum Gasteiger partial charge on any atom is -0.314 e. The van der Waals surface area contributed by atoms with E-state index < -0.39 is 0 Å². The Labute approximate surface area is 93.0 Å². The lowest BCUT2D eigenvalue weighted by molar-refractivity contribution is 0.0641. The van der Waals surface area contributed by atoms with Crippen LogP contribution in [0.1, 0.15) is 6.92 Å². The second-order valence-electron chi connectivity index (χ2n) is 4.65. The van der Waals surface area contributed by atoms with Crippen LogP contribution in [0, 0.1) is 0 Å². The number of hydrogen-bond donors (Lipinski definition) is 2. The normalized spacial score (nSPS) is 35.6. The molecule has 15 heavy (non-hydrogen) atoms. The van der Waals surface area contributed by atoms with Crippen LogP contribution in [0.25, 0.3) is 0 Å². The fourth-order valence-electron chi connectivity index (χ4n) is 2.80. The first-order valence-corrected chi connectivity index (χ1v) is 6.18. The molecule has 88 valence electrons. The molecular weight excluding hydrogens is 188 g/mol. The highest BCUT2D eigenvalue weighted by Crippen LogP contribution is 2.13. The van der Waals surface area contributed by atoms with Crippen LogP contribution in [0.15, 0.2) is 0 Å². The third-order valence-electron chi connectivity index (χ3n) is 3.81. The van der Waals surface area contributed by atoms with Gasteiger partial charge in [0.2, 0.25) is 0 Å². The highest BCUT2D eigenvalue weighted by Gasteiger charge is 2.32. The molecule has 0 radical (unpaired) electrons. The number of likely N-dealkylation sites (N-methyl/N-ethyl adjacent to an activating group) is 2. The molecule has 2 unspecified atom stereocenters. The van der Waals surface area contributed by atoms with E-state index in [1.165, 1.54) is 19.6 Å². The topological polar surface area (TPSA) is 30.5 Å². The molecule has 0 aromatic carbocycles. The molecule has 2 aliphatic heterocycles. The Morgan fingerprint density at radius 3 is 2.40 bits per heavy atom. The van der Waals surface area contributed by atoms with Gasteiger partial charge in [-0.25, -0.2) is 0 Å². The average molecular weight is 212 g/mol. The molecule has 0 bridgehead atoms. The van der Waals surface area contributed by atoms with E-state index in [1.807, 2.05) is 0 Å². The van der Waals surface area contributed by atoms with Gasteiger partial charge in [-0.3, -0.25) is 9.80 Å². The van der Waals surface area contributed by atoms with Gasteiger partial charge in [-0.2, -0.15) is 0 Å². The van der Waals surface area contributed by atoms with Gasteiger partial charge < -0.3 is 10.6 Å². The van der Waals surface area contributed by atoms with Gasteiger partial charge in [-0.1, -0.05) is 6.92 Å². The van der Waals surface area contributed by atoms with Gasteiger partial charge in [-0.15, -0.1) is 0 Å². The third-order valence-corrected chi connectivity index (χ3v) is 3.81. The molecular formula is C11H24N4. The Balaban J connectivity index is 1.99. The van der Waals surface area contributed by atoms with Crippen molar-refractivity contribution in [2.75, 3.05) is 52.9 Å². The molecule has 0 aliphatic carbocycles. The lowest BCUT2D eigenvalue weighted by Gasteiger charge is -2.45. The van der Waals surface area contributed by atoms with E-state index in [2.05, 4.69) is 34.4 Å². The zero-order valence-electron chi connectivity index (χ0n) is 10.00. The summed E-state index contributed by atoms with van der Waals surface area (Å²) in [6.45, 7) is 10.4. The highest BCUT2D eigenvalue weighted by atomic mass is 15.3. The zero-order valence-corrected chi connectivity index (χ0v) is 10.00. The summed E-state index contributed by atoms with van der Waals surface area (Å²) in [5.74, 6) is 0. The maximum Gasteiger partial charge on any atom is 0.0388 e. The molecule has 2 heterocycles. The van der Waals surface area contributed by atoms with Crippen LogP contribution in [0.2, 0.25) is 0 Å². The van der Waals surface area contributed by atoms with Crippen LogP contribution in [-0.4, -0.2) is 74.7 Å². The molecule has 0 saturated carbocycles. The SMILES string of the molecule is CCN1CCNCC1C1CNCCN1C. The molecule has 0 aromatic heterocycles. The van der Waals surface area contributed by atoms with E-state index in [4.69, 9.17) is 0 Å². The number of nitrogens with zero attached hydrogens (tertiary/aromatic N) is 2. The van der Waals surface area contributed by atoms with Crippen LogP contribution >= 0.6 is 0 Å². The van der Waals surface area contributed by atoms with Gasteiger partial charge in [0.05, 0.1) is 0 Å². The van der Waals surface area contributed by atoms with Crippen molar-refractivity contribution in [3.63, 3.8) is 0 Å². The van der Waals surface area contributed by atoms with Crippen molar-refractivity contribution < 1.29 is 0 Å². The van der Waals surface area contributed by atoms with E-state index in [1.54, 1.807) is 0 Å². The van der Waals surface area contributed by atoms with Gasteiger partial charge in [0.1, 0.15) is 0 Å². The second-order valence-corrected chi connectivity index (χ2v) is 4.65. The predicted molar refractivity (Wildman–Crippen MR) is 63.2 cm³/mol. The summed E-state index contributed by atoms with van der Waals surface area (Å²) in [4.78, 5) is 5.13. The molecule has 0 aromatic rings. The van der Waals surface area contributed by atoms with Crippen molar-refractivity contribution in [1.29, 1.82) is 0 Å². The van der Waals surface area contributed by atoms with Gasteiger partial charge >= 0.3 is 0 Å². The fourth-order valence-corrected chi connectivity index (χ4v) is 2.80. The molecule has 2 rings (SSSR count). The molecule has 4 nitrogen and oxygen atoms in total. The van der Waals surface area contributed by atoms with Gasteiger partial charge in [-0.05, 0) is 13.6 Å². The Kier molecular flexibility index (Phi) is 3.97. The maximum absolute atomic E-state index is 3.52. The Morgan fingerprint density at radius 2 is 1.73 bits per heavy atom. The monoisotopic (exact) mass is 212 g/mol. The smallest absolute Gasteiger partial charge is 0.0388 e. The van der Waals surface area contributed by atoms with E-state index >= 15 is 0 Å². The molecule has 2 saturated heterocycles. The lowest BCUT2D eigenvalue weighted by Crippen LogP contribution is -2.64. The van der Waals surface area contributed by atoms with Crippen molar-refractivity contribution in [3.8, 4) is 0 Å². The third kappa shape index (κ3) is 2.50. The van der Waals surface area contributed by atoms with E-state index in [-0.39, 0.29) is 0 Å². The number of piperazine rings is 2. The number of hydrogen-bond acceptors (Lipinski definition) is 4. The Hall–Kier alpha value is -0.160. The first-order valence-electron chi connectivity index (χ1n) is 6.18. The van der Waals surface area contributed by atoms with E-state index in [9.17, 15) is 0 Å². The summed E-state index contributed by atoms with van der Waals surface area (Å²) >= 11 is 0. The lowest BCUT2D eigenvalue weighted by atomic mass is 10.0. The Bertz CT molecular complexity index is 197. The molecule has 0 amide bonds. The first kappa shape index (κ1) is 11.3. The van der Waals surface area contributed by atoms with Crippen molar-refractivity contribution in [2.45, 2.75) is 19.0 Å². The van der Waals surface area contributed by atoms with Crippen LogP contribution in [-0.2, 0) is 0 Å². The minimum absolute atomic E-state index is 0.673. The molecule has 4 heteroatoms. The summed E-state index contributed by atoms with van der Waals surface area (Å²) in [6, 6.07) is 1.35. The van der Waals surface area contributed by atoms with E-state index in [0.29, 0.717) is 12.1 Å². The van der Waals surface area contributed by atoms with Crippen molar-refractivity contribution in [2.24, 2.45) is 0 Å². The Morgan fingerprint density at radius 1 is 1.07 bits per heavy atom. The van der Waals surface area contributed by atoms with Crippen LogP contribution in [0.3, 0.4) is 0 Å². The van der Waals surface area contributed by atoms with Crippen molar-refractivity contribution in [1.82, 2.24) is 20.4 Å². The second kappa shape index (κ2) is 5.25. The van der Waals surface area contributed by atoms with Gasteiger partial charge in [0.25, 0.3) is 0 Å². The van der Waals surface area contributed by atoms with Crippen LogP contribution in [0.5, 0.6) is 0 Å². The van der Waals surface area contributed by atoms with Gasteiger partial charge in [0.15, 0.2) is 0 Å². The summed E-state index contributed by atoms with van der Waals surface area (Å²) in [6.07, 6.45) is 0. The number of nitrogens with one attached hydrogen (secondary N) is 2. The van der Waals surface area contributed by atoms with Crippen molar-refractivity contribution >= 4 is 0 Å². The molecule has 2 aliphatic rings. The summed E-state index contributed by atoms with van der Waals surface area (Å²) in [5.41, 5.74) is 0. The molecule has 2 fully saturated rings. The van der Waals surface area contributed by atoms with Crippen LogP contribution < -0.4 is 10.6 Å². The molecule has 2 atom stereocenters. The summed E-state index contributed by atoms with van der Waals surface area (Å²) < 4.78 is 0. The quantitative estimate of drug-likeness (QED) is 0.626. The first-order chi connectivity index (χ1) is 7.33. The average Bonchev–Trinajstić information content (AvgIpc) is 2.30. The van der Waals surface area contributed by atoms with E-state index in [0.717, 1.165) is 26.2 Å². The fraction of sp³-hybridized carbons (Fsp3) is 1.00. The maximum atomic E-state index is 3.52. The summed E-state index contributed by atoms with van der Waals surface area (Å²) in [5, 5.41) is 7.03. The van der Waals surface area contributed by atoms with Crippen LogP contribution in [0.4, 0.5) is 0 Å². The molecule has 2 N–H and O–H groups in total. The predicted octanol–water partition coefficient (Wildman–Crippen LogP) is -0.816. The summed E-state index contributed by atoms with van der Waals surface area (Å²) in [7, 11) is 2.26. The standard InChI is InChI=1S/C11H24N4/c1-3-15-7-5-13-9-11(15)10-8-12-4-6-14(10)2/h10-13H,3-9H2,1-2H3. The number of rotatable bonds is 2. The minimum atomic E-state index is 0.673. The molecule has 0 spiro atoms. The highest BCUT2D eigenvalue weighted by molar-refractivity contribution is 4.93. The van der Waals surface area contributed by atoms with Gasteiger partial charge in [0, 0.05) is 51.4 Å². The largest absolute Gasteiger partial charge is 0.314 e.